The van der Waals surface area contributed by atoms with E-state index in [-0.39, 0.29) is 18.6 Å². The average molecular weight is 375 g/mol. The van der Waals surface area contributed by atoms with Gasteiger partial charge in [-0.25, -0.2) is 4.79 Å². The van der Waals surface area contributed by atoms with Crippen LogP contribution >= 0.6 is 0 Å². The molecule has 148 valence electrons. The Morgan fingerprint density at radius 2 is 2.07 bits per heavy atom. The molecule has 0 N–H and O–H groups in total. The van der Waals surface area contributed by atoms with E-state index in [1.807, 2.05) is 19.9 Å². The number of benzene rings is 1. The number of methoxy groups -OCH3 is 1. The molecule has 27 heavy (non-hydrogen) atoms. The summed E-state index contributed by atoms with van der Waals surface area (Å²) in [7, 11) is 1.57. The van der Waals surface area contributed by atoms with Gasteiger partial charge in [-0.1, -0.05) is 13.0 Å². The van der Waals surface area contributed by atoms with Crippen molar-refractivity contribution in [1.82, 2.24) is 4.90 Å². The second-order valence-electron chi connectivity index (χ2n) is 7.11. The fraction of sp³-hybridized carbons (Fsp3) is 0.524. The van der Waals surface area contributed by atoms with E-state index in [2.05, 4.69) is 6.92 Å². The van der Waals surface area contributed by atoms with Gasteiger partial charge in [-0.05, 0) is 56.4 Å². The number of esters is 1. The Kier molecular flexibility index (Phi) is 7.70. The van der Waals surface area contributed by atoms with Gasteiger partial charge in [-0.2, -0.15) is 0 Å². The maximum atomic E-state index is 12.1. The minimum atomic E-state index is -0.546. The fourth-order valence-electron chi connectivity index (χ4n) is 2.99. The maximum Gasteiger partial charge on any atom is 0.331 e. The molecule has 1 aromatic rings. The first-order valence-corrected chi connectivity index (χ1v) is 9.36. The number of rotatable bonds is 7. The van der Waals surface area contributed by atoms with Gasteiger partial charge < -0.3 is 19.1 Å². The van der Waals surface area contributed by atoms with Crippen molar-refractivity contribution in [3.63, 3.8) is 0 Å². The summed E-state index contributed by atoms with van der Waals surface area (Å²) in [5.74, 6) is 1.05. The molecule has 1 aromatic carbocycles. The minimum absolute atomic E-state index is 0.0377. The van der Waals surface area contributed by atoms with E-state index in [0.29, 0.717) is 17.4 Å². The van der Waals surface area contributed by atoms with E-state index in [1.165, 1.54) is 6.08 Å². The first kappa shape index (κ1) is 20.8. The zero-order valence-electron chi connectivity index (χ0n) is 16.6. The molecular weight excluding hydrogens is 346 g/mol. The second kappa shape index (κ2) is 10.00. The van der Waals surface area contributed by atoms with Crippen LogP contribution in [0.1, 0.15) is 39.2 Å². The van der Waals surface area contributed by atoms with Gasteiger partial charge in [-0.15, -0.1) is 0 Å². The van der Waals surface area contributed by atoms with Crippen LogP contribution in [0.3, 0.4) is 0 Å². The summed E-state index contributed by atoms with van der Waals surface area (Å²) in [4.78, 5) is 25.8. The van der Waals surface area contributed by atoms with Gasteiger partial charge in [0.1, 0.15) is 0 Å². The third-order valence-corrected chi connectivity index (χ3v) is 4.31. The van der Waals surface area contributed by atoms with E-state index >= 15 is 0 Å². The van der Waals surface area contributed by atoms with Gasteiger partial charge in [0.05, 0.1) is 13.2 Å². The highest BCUT2D eigenvalue weighted by atomic mass is 16.5. The van der Waals surface area contributed by atoms with Crippen LogP contribution < -0.4 is 9.47 Å². The Bertz CT molecular complexity index is 683. The molecule has 0 bridgehead atoms. The number of carbonyl (C=O) groups is 2. The van der Waals surface area contributed by atoms with Crippen molar-refractivity contribution in [3.05, 3.63) is 29.8 Å². The molecule has 6 heteroatoms. The van der Waals surface area contributed by atoms with Gasteiger partial charge in [0.15, 0.2) is 18.1 Å². The quantitative estimate of drug-likeness (QED) is 0.540. The van der Waals surface area contributed by atoms with Crippen LogP contribution in [-0.2, 0) is 14.3 Å². The van der Waals surface area contributed by atoms with Crippen molar-refractivity contribution in [2.24, 2.45) is 5.92 Å². The molecular formula is C21H29NO5. The van der Waals surface area contributed by atoms with Gasteiger partial charge in [0.25, 0.3) is 5.91 Å². The molecule has 0 unspecified atom stereocenters. The smallest absolute Gasteiger partial charge is 0.331 e. The van der Waals surface area contributed by atoms with Gasteiger partial charge in [-0.3, -0.25) is 4.79 Å². The van der Waals surface area contributed by atoms with Crippen molar-refractivity contribution in [3.8, 4) is 11.5 Å². The lowest BCUT2D eigenvalue weighted by molar-refractivity contribution is -0.149. The summed E-state index contributed by atoms with van der Waals surface area (Å²) in [6.45, 7) is 7.25. The number of carbonyl (C=O) groups excluding carboxylic acids is 2. The highest BCUT2D eigenvalue weighted by molar-refractivity contribution is 5.89. The molecule has 0 saturated carbocycles. The third kappa shape index (κ3) is 6.62. The Labute approximate surface area is 161 Å². The van der Waals surface area contributed by atoms with Crippen LogP contribution in [0.5, 0.6) is 11.5 Å². The Balaban J connectivity index is 1.87. The number of hydrogen-bond acceptors (Lipinski definition) is 5. The largest absolute Gasteiger partial charge is 0.493 e. The molecule has 0 aromatic heterocycles. The molecule has 1 amide bonds. The molecule has 0 spiro atoms. The maximum absolute atomic E-state index is 12.1. The summed E-state index contributed by atoms with van der Waals surface area (Å²) in [6.07, 6.45) is 5.10. The van der Waals surface area contributed by atoms with Crippen LogP contribution in [0.15, 0.2) is 24.3 Å². The molecule has 2 rings (SSSR count). The van der Waals surface area contributed by atoms with E-state index in [0.717, 1.165) is 31.5 Å². The summed E-state index contributed by atoms with van der Waals surface area (Å²) in [5.41, 5.74) is 0.774. The first-order chi connectivity index (χ1) is 12.9. The van der Waals surface area contributed by atoms with Crippen LogP contribution in [0, 0.1) is 5.92 Å². The van der Waals surface area contributed by atoms with Crippen LogP contribution in [0.4, 0.5) is 0 Å². The molecule has 0 aliphatic carbocycles. The fourth-order valence-corrected chi connectivity index (χ4v) is 2.99. The number of likely N-dealkylation sites (tertiary alicyclic amines) is 1. The summed E-state index contributed by atoms with van der Waals surface area (Å²) in [6, 6.07) is 5.40. The van der Waals surface area contributed by atoms with Crippen molar-refractivity contribution >= 4 is 18.0 Å². The van der Waals surface area contributed by atoms with Gasteiger partial charge in [0.2, 0.25) is 0 Å². The number of ether oxygens (including phenoxy) is 3. The lowest BCUT2D eigenvalue weighted by atomic mass is 10.0. The lowest BCUT2D eigenvalue weighted by Gasteiger charge is -2.30. The first-order valence-electron chi connectivity index (χ1n) is 9.36. The standard InChI is InChI=1S/C21H29NO5/c1-15(2)27-18-9-7-17(12-19(18)25-4)8-10-21(24)26-14-20(23)22-11-5-6-16(3)13-22/h7-10,12,15-16H,5-6,11,13-14H2,1-4H3/b10-8+/t16-/m1/s1. The summed E-state index contributed by atoms with van der Waals surface area (Å²) >= 11 is 0. The highest BCUT2D eigenvalue weighted by Gasteiger charge is 2.21. The number of hydrogen-bond donors (Lipinski definition) is 0. The SMILES string of the molecule is COc1cc(/C=C/C(=O)OCC(=O)N2CCC[C@@H](C)C2)ccc1OC(C)C. The molecule has 1 saturated heterocycles. The number of nitrogens with zero attached hydrogens (tertiary/aromatic N) is 1. The van der Waals surface area contributed by atoms with Crippen LogP contribution in [0.2, 0.25) is 0 Å². The number of piperidine rings is 1. The predicted molar refractivity (Wildman–Crippen MR) is 104 cm³/mol. The van der Waals surface area contributed by atoms with Crippen molar-refractivity contribution < 1.29 is 23.8 Å². The molecule has 6 nitrogen and oxygen atoms in total. The molecule has 1 aliphatic rings. The van der Waals surface area contributed by atoms with E-state index < -0.39 is 5.97 Å². The molecule has 1 heterocycles. The summed E-state index contributed by atoms with van der Waals surface area (Å²) < 4.78 is 16.1. The highest BCUT2D eigenvalue weighted by Crippen LogP contribution is 2.29. The van der Waals surface area contributed by atoms with Crippen molar-refractivity contribution in [1.29, 1.82) is 0 Å². The van der Waals surface area contributed by atoms with E-state index in [9.17, 15) is 9.59 Å². The molecule has 1 aliphatic heterocycles. The van der Waals surface area contributed by atoms with Gasteiger partial charge >= 0.3 is 5.97 Å². The summed E-state index contributed by atoms with van der Waals surface area (Å²) in [5, 5.41) is 0. The number of amides is 1. The monoisotopic (exact) mass is 375 g/mol. The lowest BCUT2D eigenvalue weighted by Crippen LogP contribution is -2.41. The zero-order valence-corrected chi connectivity index (χ0v) is 16.6. The third-order valence-electron chi connectivity index (χ3n) is 4.31. The Hall–Kier alpha value is -2.50. The minimum Gasteiger partial charge on any atom is -0.493 e. The average Bonchev–Trinajstić information content (AvgIpc) is 2.64. The zero-order chi connectivity index (χ0) is 19.8. The van der Waals surface area contributed by atoms with E-state index in [1.54, 1.807) is 30.2 Å². The normalized spacial score (nSPS) is 17.2. The molecule has 1 fully saturated rings. The van der Waals surface area contributed by atoms with Crippen molar-refractivity contribution in [2.75, 3.05) is 26.8 Å². The molecule has 1 atom stereocenters. The topological polar surface area (TPSA) is 65.1 Å². The Morgan fingerprint density at radius 1 is 1.30 bits per heavy atom. The molecule has 0 radical (unpaired) electrons. The van der Waals surface area contributed by atoms with E-state index in [4.69, 9.17) is 14.2 Å². The predicted octanol–water partition coefficient (Wildman–Crippen LogP) is 3.30. The van der Waals surface area contributed by atoms with Crippen molar-refractivity contribution in [2.45, 2.75) is 39.7 Å². The van der Waals surface area contributed by atoms with Crippen LogP contribution in [0.25, 0.3) is 6.08 Å². The second-order valence-corrected chi connectivity index (χ2v) is 7.11. The van der Waals surface area contributed by atoms with Crippen LogP contribution in [-0.4, -0.2) is 49.7 Å². The van der Waals surface area contributed by atoms with Gasteiger partial charge in [0, 0.05) is 19.2 Å². The Morgan fingerprint density at radius 3 is 2.74 bits per heavy atom.